The number of halogens is 4. The van der Waals surface area contributed by atoms with Crippen LogP contribution in [0.1, 0.15) is 11.1 Å². The van der Waals surface area contributed by atoms with Gasteiger partial charge in [0.15, 0.2) is 0 Å². The predicted molar refractivity (Wildman–Crippen MR) is 67.9 cm³/mol. The van der Waals surface area contributed by atoms with Gasteiger partial charge in [0.2, 0.25) is 0 Å². The van der Waals surface area contributed by atoms with Crippen molar-refractivity contribution in [3.63, 3.8) is 0 Å². The highest BCUT2D eigenvalue weighted by Crippen LogP contribution is 2.32. The van der Waals surface area contributed by atoms with Crippen LogP contribution in [0.15, 0.2) is 35.0 Å². The highest BCUT2D eigenvalue weighted by molar-refractivity contribution is 7.07. The van der Waals surface area contributed by atoms with E-state index in [-0.39, 0.29) is 5.69 Å². The topological polar surface area (TPSA) is 12.0 Å². The van der Waals surface area contributed by atoms with Gasteiger partial charge >= 0.3 is 6.18 Å². The molecule has 1 nitrogen and oxygen atoms in total. The Labute approximate surface area is 111 Å². The lowest BCUT2D eigenvalue weighted by molar-refractivity contribution is -0.139. The third kappa shape index (κ3) is 3.70. The van der Waals surface area contributed by atoms with Gasteiger partial charge in [-0.3, -0.25) is 0 Å². The number of hydrogen-bond acceptors (Lipinski definition) is 2. The number of rotatable bonds is 4. The first kappa shape index (κ1) is 13.9. The summed E-state index contributed by atoms with van der Waals surface area (Å²) in [6.07, 6.45) is -3.96. The Morgan fingerprint density at radius 3 is 2.58 bits per heavy atom. The number of nitrogens with one attached hydrogen (secondary N) is 1. The average Bonchev–Trinajstić information content (AvgIpc) is 2.83. The Morgan fingerprint density at radius 2 is 1.95 bits per heavy atom. The number of thiophene rings is 1. The minimum atomic E-state index is -4.67. The second-order valence-electron chi connectivity index (χ2n) is 4.00. The van der Waals surface area contributed by atoms with Gasteiger partial charge in [-0.2, -0.15) is 24.5 Å². The van der Waals surface area contributed by atoms with Crippen LogP contribution in [-0.2, 0) is 12.6 Å². The van der Waals surface area contributed by atoms with Crippen molar-refractivity contribution in [1.29, 1.82) is 0 Å². The van der Waals surface area contributed by atoms with Gasteiger partial charge in [-0.1, -0.05) is 0 Å². The number of anilines is 1. The van der Waals surface area contributed by atoms with E-state index < -0.39 is 17.6 Å². The molecule has 1 aromatic heterocycles. The summed E-state index contributed by atoms with van der Waals surface area (Å²) in [5.41, 5.74) is 0.146. The van der Waals surface area contributed by atoms with Gasteiger partial charge in [0.1, 0.15) is 5.82 Å². The van der Waals surface area contributed by atoms with E-state index >= 15 is 0 Å². The first-order valence-electron chi connectivity index (χ1n) is 5.58. The SMILES string of the molecule is Fc1ccc(NCCc2ccsc2)cc1C(F)(F)F. The van der Waals surface area contributed by atoms with Gasteiger partial charge in [-0.15, -0.1) is 0 Å². The largest absolute Gasteiger partial charge is 0.419 e. The molecule has 2 rings (SSSR count). The van der Waals surface area contributed by atoms with Crippen LogP contribution in [0.3, 0.4) is 0 Å². The van der Waals surface area contributed by atoms with Crippen molar-refractivity contribution in [3.8, 4) is 0 Å². The molecule has 0 amide bonds. The Kier molecular flexibility index (Phi) is 4.09. The number of alkyl halides is 3. The van der Waals surface area contributed by atoms with Crippen LogP contribution >= 0.6 is 11.3 Å². The molecule has 19 heavy (non-hydrogen) atoms. The lowest BCUT2D eigenvalue weighted by Crippen LogP contribution is -2.10. The molecule has 102 valence electrons. The molecular weight excluding hydrogens is 278 g/mol. The molecule has 1 aromatic carbocycles. The molecule has 0 aliphatic heterocycles. The summed E-state index contributed by atoms with van der Waals surface area (Å²) in [4.78, 5) is 0. The van der Waals surface area contributed by atoms with Crippen molar-refractivity contribution in [1.82, 2.24) is 0 Å². The molecule has 0 atom stereocenters. The van der Waals surface area contributed by atoms with Crippen molar-refractivity contribution >= 4 is 17.0 Å². The zero-order valence-electron chi connectivity index (χ0n) is 9.80. The maximum atomic E-state index is 13.1. The van der Waals surface area contributed by atoms with E-state index in [1.54, 1.807) is 11.3 Å². The summed E-state index contributed by atoms with van der Waals surface area (Å²) in [6, 6.07) is 4.88. The van der Waals surface area contributed by atoms with E-state index in [1.165, 1.54) is 6.07 Å². The first-order chi connectivity index (χ1) is 8.97. The smallest absolute Gasteiger partial charge is 0.385 e. The highest BCUT2D eigenvalue weighted by Gasteiger charge is 2.34. The molecule has 0 spiro atoms. The summed E-state index contributed by atoms with van der Waals surface area (Å²) in [5, 5.41) is 6.78. The van der Waals surface area contributed by atoms with Crippen LogP contribution in [0.5, 0.6) is 0 Å². The average molecular weight is 289 g/mol. The van der Waals surface area contributed by atoms with Crippen LogP contribution in [0.2, 0.25) is 0 Å². The van der Waals surface area contributed by atoms with Gasteiger partial charge in [-0.25, -0.2) is 4.39 Å². The van der Waals surface area contributed by atoms with Gasteiger partial charge in [0, 0.05) is 12.2 Å². The lowest BCUT2D eigenvalue weighted by atomic mass is 10.1. The fraction of sp³-hybridized carbons (Fsp3) is 0.231. The van der Waals surface area contributed by atoms with E-state index in [1.807, 2.05) is 16.8 Å². The van der Waals surface area contributed by atoms with Crippen LogP contribution in [0.4, 0.5) is 23.2 Å². The Morgan fingerprint density at radius 1 is 1.16 bits per heavy atom. The second kappa shape index (κ2) is 5.61. The van der Waals surface area contributed by atoms with Gasteiger partial charge < -0.3 is 5.32 Å². The standard InChI is InChI=1S/C13H11F4NS/c14-12-2-1-10(7-11(12)13(15,16)17)18-5-3-9-4-6-19-8-9/h1-2,4,6-8,18H,3,5H2. The molecule has 1 N–H and O–H groups in total. The van der Waals surface area contributed by atoms with Crippen molar-refractivity contribution < 1.29 is 17.6 Å². The third-order valence-electron chi connectivity index (χ3n) is 2.59. The lowest BCUT2D eigenvalue weighted by Gasteiger charge is -2.11. The molecule has 0 unspecified atom stereocenters. The first-order valence-corrected chi connectivity index (χ1v) is 6.53. The van der Waals surface area contributed by atoms with Crippen LogP contribution in [-0.4, -0.2) is 6.54 Å². The molecule has 0 aliphatic carbocycles. The Bertz CT molecular complexity index is 534. The molecule has 0 radical (unpaired) electrons. The number of hydrogen-bond donors (Lipinski definition) is 1. The molecular formula is C13H11F4NS. The fourth-order valence-corrected chi connectivity index (χ4v) is 2.34. The van der Waals surface area contributed by atoms with Crippen LogP contribution in [0, 0.1) is 5.82 Å². The molecule has 0 saturated carbocycles. The number of benzene rings is 1. The summed E-state index contributed by atoms with van der Waals surface area (Å²) < 4.78 is 50.6. The van der Waals surface area contributed by atoms with E-state index in [9.17, 15) is 17.6 Å². The van der Waals surface area contributed by atoms with Crippen LogP contribution in [0.25, 0.3) is 0 Å². The minimum Gasteiger partial charge on any atom is -0.385 e. The molecule has 0 aliphatic rings. The van der Waals surface area contributed by atoms with Crippen LogP contribution < -0.4 is 5.32 Å². The molecule has 0 saturated heterocycles. The zero-order valence-corrected chi connectivity index (χ0v) is 10.6. The van der Waals surface area contributed by atoms with Crippen molar-refractivity contribution in [2.45, 2.75) is 12.6 Å². The monoisotopic (exact) mass is 289 g/mol. The maximum absolute atomic E-state index is 13.1. The zero-order chi connectivity index (χ0) is 13.9. The van der Waals surface area contributed by atoms with E-state index in [4.69, 9.17) is 0 Å². The molecule has 6 heteroatoms. The van der Waals surface area contributed by atoms with E-state index in [0.29, 0.717) is 13.0 Å². The minimum absolute atomic E-state index is 0.268. The third-order valence-corrected chi connectivity index (χ3v) is 3.33. The normalized spacial score (nSPS) is 11.6. The van der Waals surface area contributed by atoms with Gasteiger partial charge in [-0.05, 0) is 47.0 Å². The van der Waals surface area contributed by atoms with Crippen molar-refractivity contribution in [2.24, 2.45) is 0 Å². The Balaban J connectivity index is 2.01. The fourth-order valence-electron chi connectivity index (χ4n) is 1.64. The molecule has 0 fully saturated rings. The molecule has 0 bridgehead atoms. The van der Waals surface area contributed by atoms with E-state index in [2.05, 4.69) is 5.32 Å². The summed E-state index contributed by atoms with van der Waals surface area (Å²) in [6.45, 7) is 0.500. The van der Waals surface area contributed by atoms with Crippen molar-refractivity contribution in [3.05, 3.63) is 52.0 Å². The van der Waals surface area contributed by atoms with Gasteiger partial charge in [0.05, 0.1) is 5.56 Å². The van der Waals surface area contributed by atoms with E-state index in [0.717, 1.165) is 17.7 Å². The van der Waals surface area contributed by atoms with Gasteiger partial charge in [0.25, 0.3) is 0 Å². The van der Waals surface area contributed by atoms with Crippen molar-refractivity contribution in [2.75, 3.05) is 11.9 Å². The summed E-state index contributed by atoms with van der Waals surface area (Å²) in [5.74, 6) is -1.25. The molecule has 1 heterocycles. The Hall–Kier alpha value is -1.56. The molecule has 2 aromatic rings. The second-order valence-corrected chi connectivity index (χ2v) is 4.78. The maximum Gasteiger partial charge on any atom is 0.419 e. The highest BCUT2D eigenvalue weighted by atomic mass is 32.1. The summed E-state index contributed by atoms with van der Waals surface area (Å²) in [7, 11) is 0. The summed E-state index contributed by atoms with van der Waals surface area (Å²) >= 11 is 1.57. The quantitative estimate of drug-likeness (QED) is 0.814. The predicted octanol–water partition coefficient (Wildman–Crippen LogP) is 4.56.